The Morgan fingerprint density at radius 2 is 1.74 bits per heavy atom. The molecule has 34 heavy (non-hydrogen) atoms. The van der Waals surface area contributed by atoms with Crippen LogP contribution in [0.1, 0.15) is 44.9 Å². The molecule has 2 heterocycles. The number of ether oxygens (including phenoxy) is 1. The van der Waals surface area contributed by atoms with Crippen molar-refractivity contribution in [3.63, 3.8) is 0 Å². The lowest BCUT2D eigenvalue weighted by atomic mass is 9.89. The molecule has 4 rings (SSSR count). The number of sulfonamides is 1. The summed E-state index contributed by atoms with van der Waals surface area (Å²) in [4.78, 5) is 25.7. The number of anilines is 1. The largest absolute Gasteiger partial charge is 0.379 e. The van der Waals surface area contributed by atoms with Gasteiger partial charge in [0.25, 0.3) is 5.69 Å². The number of nitrogens with one attached hydrogen (secondary N) is 1. The monoisotopic (exact) mass is 494 g/mol. The zero-order valence-electron chi connectivity index (χ0n) is 19.5. The molecule has 188 valence electrons. The molecule has 11 heteroatoms. The lowest BCUT2D eigenvalue weighted by Crippen LogP contribution is -2.42. The molecule has 10 nitrogen and oxygen atoms in total. The number of nitro benzene ring substituents is 1. The standard InChI is InChI=1S/C23H34N4O6S/c28-23(24-17-18-4-2-1-3-5-18)19-8-10-25(11-9-19)21-7-6-20(16-22(21)27(29)30)34(31,32)26-12-14-33-15-13-26/h6-7,16,18-19H,1-5,8-15,17H2,(H,24,28). The minimum Gasteiger partial charge on any atom is -0.379 e. The summed E-state index contributed by atoms with van der Waals surface area (Å²) in [6, 6.07) is 4.12. The highest BCUT2D eigenvalue weighted by Gasteiger charge is 2.32. The Kier molecular flexibility index (Phi) is 8.05. The minimum absolute atomic E-state index is 0.0756. The first-order valence-corrected chi connectivity index (χ1v) is 13.7. The highest BCUT2D eigenvalue weighted by atomic mass is 32.2. The van der Waals surface area contributed by atoms with Crippen molar-refractivity contribution in [3.8, 4) is 0 Å². The molecule has 2 saturated heterocycles. The Bertz CT molecular complexity index is 981. The maximum atomic E-state index is 12.9. The van der Waals surface area contributed by atoms with Gasteiger partial charge in [-0.2, -0.15) is 4.31 Å². The highest BCUT2D eigenvalue weighted by Crippen LogP contribution is 2.34. The third-order valence-electron chi connectivity index (χ3n) is 7.25. The van der Waals surface area contributed by atoms with E-state index in [4.69, 9.17) is 4.74 Å². The fourth-order valence-electron chi connectivity index (χ4n) is 5.18. The third kappa shape index (κ3) is 5.69. The Hall–Kier alpha value is -2.24. The fourth-order valence-corrected chi connectivity index (χ4v) is 6.60. The van der Waals surface area contributed by atoms with E-state index in [2.05, 4.69) is 5.32 Å². The maximum absolute atomic E-state index is 12.9. The topological polar surface area (TPSA) is 122 Å². The van der Waals surface area contributed by atoms with E-state index in [-0.39, 0.29) is 35.5 Å². The van der Waals surface area contributed by atoms with E-state index in [0.717, 1.165) is 12.6 Å². The molecule has 1 N–H and O–H groups in total. The Morgan fingerprint density at radius 1 is 1.06 bits per heavy atom. The first kappa shape index (κ1) is 24.9. The molecule has 0 spiro atoms. The molecule has 1 aliphatic carbocycles. The lowest BCUT2D eigenvalue weighted by molar-refractivity contribution is -0.384. The molecule has 1 saturated carbocycles. The Balaban J connectivity index is 1.39. The normalized spacial score (nSPS) is 21.4. The van der Waals surface area contributed by atoms with Crippen LogP contribution in [0.3, 0.4) is 0 Å². The number of carbonyl (C=O) groups is 1. The number of nitrogens with zero attached hydrogens (tertiary/aromatic N) is 3. The second kappa shape index (κ2) is 11.0. The van der Waals surface area contributed by atoms with Crippen LogP contribution in [-0.4, -0.2) is 69.5 Å². The van der Waals surface area contributed by atoms with Crippen molar-refractivity contribution in [3.05, 3.63) is 28.3 Å². The molecule has 1 amide bonds. The first-order valence-electron chi connectivity index (χ1n) is 12.3. The van der Waals surface area contributed by atoms with Crippen LogP contribution in [0, 0.1) is 22.0 Å². The van der Waals surface area contributed by atoms with E-state index in [1.54, 1.807) is 0 Å². The van der Waals surface area contributed by atoms with E-state index >= 15 is 0 Å². The molecule has 1 aromatic rings. The maximum Gasteiger partial charge on any atom is 0.293 e. The van der Waals surface area contributed by atoms with Crippen LogP contribution in [-0.2, 0) is 19.6 Å². The molecule has 0 bridgehead atoms. The quantitative estimate of drug-likeness (QED) is 0.456. The number of rotatable bonds is 7. The van der Waals surface area contributed by atoms with Crippen LogP contribution in [0.4, 0.5) is 11.4 Å². The van der Waals surface area contributed by atoms with Crippen LogP contribution in [0.25, 0.3) is 0 Å². The van der Waals surface area contributed by atoms with E-state index in [9.17, 15) is 23.3 Å². The van der Waals surface area contributed by atoms with E-state index in [0.29, 0.717) is 50.8 Å². The number of carbonyl (C=O) groups excluding carboxylic acids is 1. The number of piperidine rings is 1. The van der Waals surface area contributed by atoms with Gasteiger partial charge < -0.3 is 15.0 Å². The van der Waals surface area contributed by atoms with Gasteiger partial charge in [0, 0.05) is 44.7 Å². The Morgan fingerprint density at radius 3 is 2.38 bits per heavy atom. The van der Waals surface area contributed by atoms with E-state index in [1.807, 2.05) is 4.90 Å². The van der Waals surface area contributed by atoms with Gasteiger partial charge in [-0.3, -0.25) is 14.9 Å². The van der Waals surface area contributed by atoms with Crippen LogP contribution in [0.15, 0.2) is 23.1 Å². The molecule has 3 fully saturated rings. The lowest BCUT2D eigenvalue weighted by Gasteiger charge is -2.33. The van der Waals surface area contributed by atoms with Crippen molar-refractivity contribution in [2.75, 3.05) is 50.8 Å². The van der Waals surface area contributed by atoms with Crippen molar-refractivity contribution in [1.29, 1.82) is 0 Å². The molecule has 0 unspecified atom stereocenters. The van der Waals surface area contributed by atoms with Gasteiger partial charge >= 0.3 is 0 Å². The molecule has 0 radical (unpaired) electrons. The van der Waals surface area contributed by atoms with Crippen molar-refractivity contribution in [2.45, 2.75) is 49.8 Å². The van der Waals surface area contributed by atoms with Crippen molar-refractivity contribution >= 4 is 27.3 Å². The second-order valence-electron chi connectivity index (χ2n) is 9.43. The number of benzene rings is 1. The molecule has 2 aliphatic heterocycles. The summed E-state index contributed by atoms with van der Waals surface area (Å²) < 4.78 is 32.4. The SMILES string of the molecule is O=C(NCC1CCCCC1)C1CCN(c2ccc(S(=O)(=O)N3CCOCC3)cc2[N+](=O)[O-])CC1. The van der Waals surface area contributed by atoms with E-state index in [1.165, 1.54) is 48.5 Å². The number of hydrogen-bond donors (Lipinski definition) is 1. The van der Waals surface area contributed by atoms with Crippen molar-refractivity contribution in [2.24, 2.45) is 11.8 Å². The fraction of sp³-hybridized carbons (Fsp3) is 0.696. The summed E-state index contributed by atoms with van der Waals surface area (Å²) in [5.41, 5.74) is 0.168. The van der Waals surface area contributed by atoms with Gasteiger partial charge in [0.1, 0.15) is 5.69 Å². The van der Waals surface area contributed by atoms with Crippen molar-refractivity contribution in [1.82, 2.24) is 9.62 Å². The predicted octanol–water partition coefficient (Wildman–Crippen LogP) is 2.53. The Labute approximate surface area is 200 Å². The summed E-state index contributed by atoms with van der Waals surface area (Å²) in [6.07, 6.45) is 7.35. The molecular weight excluding hydrogens is 460 g/mol. The van der Waals surface area contributed by atoms with Gasteiger partial charge in [-0.1, -0.05) is 19.3 Å². The van der Waals surface area contributed by atoms with Crippen LogP contribution >= 0.6 is 0 Å². The van der Waals surface area contributed by atoms with Gasteiger partial charge in [0.2, 0.25) is 15.9 Å². The summed E-state index contributed by atoms with van der Waals surface area (Å²) in [6.45, 7) is 2.84. The smallest absolute Gasteiger partial charge is 0.293 e. The number of hydrogen-bond acceptors (Lipinski definition) is 7. The zero-order chi connectivity index (χ0) is 24.1. The van der Waals surface area contributed by atoms with Gasteiger partial charge in [0.05, 0.1) is 23.0 Å². The average Bonchev–Trinajstić information content (AvgIpc) is 2.88. The summed E-state index contributed by atoms with van der Waals surface area (Å²) in [5.74, 6) is 0.555. The molecule has 0 aromatic heterocycles. The van der Waals surface area contributed by atoms with Crippen LogP contribution < -0.4 is 10.2 Å². The van der Waals surface area contributed by atoms with Crippen LogP contribution in [0.5, 0.6) is 0 Å². The second-order valence-corrected chi connectivity index (χ2v) is 11.4. The van der Waals surface area contributed by atoms with Gasteiger partial charge in [-0.15, -0.1) is 0 Å². The average molecular weight is 495 g/mol. The van der Waals surface area contributed by atoms with Crippen molar-refractivity contribution < 1.29 is 22.9 Å². The molecule has 3 aliphatic rings. The summed E-state index contributed by atoms with van der Waals surface area (Å²) in [7, 11) is -3.82. The predicted molar refractivity (Wildman–Crippen MR) is 127 cm³/mol. The number of morpholine rings is 1. The number of nitro groups is 1. The number of amides is 1. The third-order valence-corrected chi connectivity index (χ3v) is 9.14. The zero-order valence-corrected chi connectivity index (χ0v) is 20.3. The minimum atomic E-state index is -3.82. The molecular formula is C23H34N4O6S. The molecule has 0 atom stereocenters. The summed E-state index contributed by atoms with van der Waals surface area (Å²) in [5, 5.41) is 14.9. The van der Waals surface area contributed by atoms with Gasteiger partial charge in [-0.25, -0.2) is 8.42 Å². The summed E-state index contributed by atoms with van der Waals surface area (Å²) >= 11 is 0. The van der Waals surface area contributed by atoms with E-state index < -0.39 is 14.9 Å². The van der Waals surface area contributed by atoms with Crippen LogP contribution in [0.2, 0.25) is 0 Å². The molecule has 1 aromatic carbocycles. The van der Waals surface area contributed by atoms with Gasteiger partial charge in [-0.05, 0) is 43.7 Å². The highest BCUT2D eigenvalue weighted by molar-refractivity contribution is 7.89. The van der Waals surface area contributed by atoms with Gasteiger partial charge in [0.15, 0.2) is 0 Å². The first-order chi connectivity index (χ1) is 16.4.